The smallest absolute Gasteiger partial charge is 0.261 e. The van der Waals surface area contributed by atoms with Crippen molar-refractivity contribution < 1.29 is 9.47 Å². The molecule has 2 aromatic heterocycles. The van der Waals surface area contributed by atoms with Crippen LogP contribution < -0.4 is 15.0 Å². The van der Waals surface area contributed by atoms with E-state index in [1.54, 1.807) is 24.8 Å². The first kappa shape index (κ1) is 16.8. The molecule has 0 fully saturated rings. The highest BCUT2D eigenvalue weighted by Crippen LogP contribution is 2.36. The van der Waals surface area contributed by atoms with E-state index in [0.717, 1.165) is 33.3 Å². The summed E-state index contributed by atoms with van der Waals surface area (Å²) in [4.78, 5) is 17.6. The van der Waals surface area contributed by atoms with E-state index >= 15 is 0 Å². The van der Waals surface area contributed by atoms with Crippen LogP contribution in [0.25, 0.3) is 17.3 Å². The standard InChI is InChI=1S/C20H17BrN2O3/c1-25-16-5-3-4-13(19(16)26-2)10-12-6-8-15-18(12)22-17-9-7-14(21)11-23(17)20(15)24/h3-5,7,9-11H,6,8H2,1-2H3. The second kappa shape index (κ2) is 6.61. The number of aromatic nitrogens is 2. The van der Waals surface area contributed by atoms with Gasteiger partial charge in [0.05, 0.1) is 19.9 Å². The molecule has 1 aliphatic rings. The normalized spacial score (nSPS) is 14.7. The van der Waals surface area contributed by atoms with Crippen molar-refractivity contribution in [3.8, 4) is 11.5 Å². The highest BCUT2D eigenvalue weighted by molar-refractivity contribution is 9.10. The molecule has 0 atom stereocenters. The van der Waals surface area contributed by atoms with E-state index in [9.17, 15) is 4.79 Å². The van der Waals surface area contributed by atoms with Crippen molar-refractivity contribution in [2.45, 2.75) is 12.8 Å². The van der Waals surface area contributed by atoms with Crippen molar-refractivity contribution in [3.05, 3.63) is 68.2 Å². The predicted molar refractivity (Wildman–Crippen MR) is 105 cm³/mol. The molecule has 2 heterocycles. The molecule has 1 aromatic carbocycles. The fourth-order valence-corrected chi connectivity index (χ4v) is 3.71. The quantitative estimate of drug-likeness (QED) is 0.653. The van der Waals surface area contributed by atoms with Crippen LogP contribution >= 0.6 is 15.9 Å². The third kappa shape index (κ3) is 2.70. The topological polar surface area (TPSA) is 52.8 Å². The number of hydrogen-bond acceptors (Lipinski definition) is 4. The minimum absolute atomic E-state index is 0.00712. The number of pyridine rings is 1. The van der Waals surface area contributed by atoms with Crippen molar-refractivity contribution in [2.75, 3.05) is 14.2 Å². The Hall–Kier alpha value is -2.60. The molecular weight excluding hydrogens is 396 g/mol. The Labute approximate surface area is 159 Å². The van der Waals surface area contributed by atoms with Crippen LogP contribution in [0.1, 0.15) is 23.2 Å². The number of fused-ring (bicyclic) bond motifs is 2. The summed E-state index contributed by atoms with van der Waals surface area (Å²) in [7, 11) is 3.24. The molecule has 1 aliphatic carbocycles. The summed E-state index contributed by atoms with van der Waals surface area (Å²) in [6.07, 6.45) is 5.26. The van der Waals surface area contributed by atoms with Gasteiger partial charge >= 0.3 is 0 Å². The van der Waals surface area contributed by atoms with Gasteiger partial charge in [-0.2, -0.15) is 0 Å². The lowest BCUT2D eigenvalue weighted by Crippen LogP contribution is -2.19. The summed E-state index contributed by atoms with van der Waals surface area (Å²) in [6, 6.07) is 9.48. The van der Waals surface area contributed by atoms with Crippen LogP contribution in [0.2, 0.25) is 0 Å². The largest absolute Gasteiger partial charge is 0.493 e. The maximum Gasteiger partial charge on any atom is 0.261 e. The number of rotatable bonds is 3. The maximum atomic E-state index is 12.8. The Kier molecular flexibility index (Phi) is 4.28. The zero-order valence-corrected chi connectivity index (χ0v) is 16.0. The minimum Gasteiger partial charge on any atom is -0.493 e. The first-order chi connectivity index (χ1) is 12.6. The molecule has 0 N–H and O–H groups in total. The second-order valence-corrected chi connectivity index (χ2v) is 6.99. The number of benzene rings is 1. The molecule has 0 aliphatic heterocycles. The van der Waals surface area contributed by atoms with Gasteiger partial charge in [0.1, 0.15) is 5.65 Å². The van der Waals surface area contributed by atoms with Crippen molar-refractivity contribution in [1.82, 2.24) is 9.38 Å². The summed E-state index contributed by atoms with van der Waals surface area (Å²) in [5.41, 5.74) is 4.12. The lowest BCUT2D eigenvalue weighted by Gasteiger charge is -2.11. The van der Waals surface area contributed by atoms with Gasteiger partial charge in [-0.25, -0.2) is 4.98 Å². The highest BCUT2D eigenvalue weighted by atomic mass is 79.9. The number of ether oxygens (including phenoxy) is 2. The Morgan fingerprint density at radius 1 is 1.15 bits per heavy atom. The lowest BCUT2D eigenvalue weighted by atomic mass is 10.1. The fourth-order valence-electron chi connectivity index (χ4n) is 3.37. The molecule has 0 spiro atoms. The van der Waals surface area contributed by atoms with Crippen LogP contribution in [0.4, 0.5) is 0 Å². The van der Waals surface area contributed by atoms with Gasteiger partial charge in [0.15, 0.2) is 11.5 Å². The van der Waals surface area contributed by atoms with Crippen LogP contribution in [-0.2, 0) is 6.42 Å². The van der Waals surface area contributed by atoms with Crippen molar-refractivity contribution in [3.63, 3.8) is 0 Å². The van der Waals surface area contributed by atoms with E-state index in [4.69, 9.17) is 14.5 Å². The van der Waals surface area contributed by atoms with Crippen LogP contribution in [0, 0.1) is 0 Å². The van der Waals surface area contributed by atoms with Gasteiger partial charge in [-0.1, -0.05) is 12.1 Å². The first-order valence-electron chi connectivity index (χ1n) is 8.25. The molecule has 0 bridgehead atoms. The fraction of sp³-hybridized carbons (Fsp3) is 0.200. The van der Waals surface area contributed by atoms with Crippen molar-refractivity contribution in [1.29, 1.82) is 0 Å². The first-order valence-corrected chi connectivity index (χ1v) is 9.04. The summed E-state index contributed by atoms with van der Waals surface area (Å²) in [6.45, 7) is 0. The maximum absolute atomic E-state index is 12.8. The van der Waals surface area contributed by atoms with Crippen LogP contribution in [0.3, 0.4) is 0 Å². The van der Waals surface area contributed by atoms with Gasteiger partial charge < -0.3 is 9.47 Å². The Bertz CT molecular complexity index is 1100. The molecule has 5 nitrogen and oxygen atoms in total. The molecule has 26 heavy (non-hydrogen) atoms. The van der Waals surface area contributed by atoms with Crippen LogP contribution in [0.15, 0.2) is 45.8 Å². The van der Waals surface area contributed by atoms with Crippen LogP contribution in [0.5, 0.6) is 11.5 Å². The summed E-state index contributed by atoms with van der Waals surface area (Å²) >= 11 is 3.41. The zero-order chi connectivity index (χ0) is 18.3. The molecular formula is C20H17BrN2O3. The molecule has 0 amide bonds. The van der Waals surface area contributed by atoms with Gasteiger partial charge in [-0.3, -0.25) is 9.20 Å². The van der Waals surface area contributed by atoms with Gasteiger partial charge in [-0.05, 0) is 58.6 Å². The molecule has 0 unspecified atom stereocenters. The number of nitrogens with zero attached hydrogens (tertiary/aromatic N) is 2. The van der Waals surface area contributed by atoms with Crippen molar-refractivity contribution in [2.24, 2.45) is 0 Å². The molecule has 6 heteroatoms. The predicted octanol–water partition coefficient (Wildman–Crippen LogP) is 3.96. The molecule has 4 rings (SSSR count). The number of hydrogen-bond donors (Lipinski definition) is 0. The van der Waals surface area contributed by atoms with Gasteiger partial charge in [-0.15, -0.1) is 0 Å². The average Bonchev–Trinajstić information content (AvgIpc) is 3.05. The third-order valence-electron chi connectivity index (χ3n) is 4.59. The Balaban J connectivity index is 1.89. The lowest BCUT2D eigenvalue weighted by molar-refractivity contribution is 0.354. The van der Waals surface area contributed by atoms with E-state index in [-0.39, 0.29) is 5.56 Å². The number of para-hydroxylation sites is 1. The molecule has 0 saturated carbocycles. The second-order valence-electron chi connectivity index (χ2n) is 6.07. The van der Waals surface area contributed by atoms with Crippen molar-refractivity contribution >= 4 is 33.2 Å². The summed E-state index contributed by atoms with van der Waals surface area (Å²) in [5.74, 6) is 1.36. The Morgan fingerprint density at radius 2 is 2.00 bits per heavy atom. The molecule has 132 valence electrons. The Morgan fingerprint density at radius 3 is 2.77 bits per heavy atom. The number of allylic oxidation sites excluding steroid dienone is 1. The van der Waals surface area contributed by atoms with E-state index in [1.807, 2.05) is 36.4 Å². The SMILES string of the molecule is COc1cccc(C=C2CCc3c2nc2ccc(Br)cn2c3=O)c1OC. The summed E-state index contributed by atoms with van der Waals surface area (Å²) < 4.78 is 13.3. The van der Waals surface area contributed by atoms with Gasteiger partial charge in [0, 0.05) is 21.8 Å². The monoisotopic (exact) mass is 412 g/mol. The van der Waals surface area contributed by atoms with E-state index < -0.39 is 0 Å². The van der Waals surface area contributed by atoms with Gasteiger partial charge in [0.2, 0.25) is 0 Å². The van der Waals surface area contributed by atoms with E-state index in [2.05, 4.69) is 15.9 Å². The van der Waals surface area contributed by atoms with E-state index in [0.29, 0.717) is 23.6 Å². The number of methoxy groups -OCH3 is 2. The third-order valence-corrected chi connectivity index (χ3v) is 5.06. The summed E-state index contributed by atoms with van der Waals surface area (Å²) in [5, 5.41) is 0. The van der Waals surface area contributed by atoms with E-state index in [1.165, 1.54) is 0 Å². The molecule has 3 aromatic rings. The minimum atomic E-state index is -0.00712. The highest BCUT2D eigenvalue weighted by Gasteiger charge is 2.23. The molecule has 0 saturated heterocycles. The zero-order valence-electron chi connectivity index (χ0n) is 14.5. The van der Waals surface area contributed by atoms with Crippen LogP contribution in [-0.4, -0.2) is 23.6 Å². The van der Waals surface area contributed by atoms with Gasteiger partial charge in [0.25, 0.3) is 5.56 Å². The number of halogens is 1. The average molecular weight is 413 g/mol. The molecule has 0 radical (unpaired) electrons.